The molecule has 0 bridgehead atoms. The molecule has 2 aromatic heterocycles. The highest BCUT2D eigenvalue weighted by molar-refractivity contribution is 5.90. The van der Waals surface area contributed by atoms with E-state index in [9.17, 15) is 4.79 Å². The number of rotatable bonds is 4. The first-order chi connectivity index (χ1) is 10.2. The van der Waals surface area contributed by atoms with Crippen molar-refractivity contribution in [2.45, 2.75) is 12.8 Å². The highest BCUT2D eigenvalue weighted by atomic mass is 16.1. The zero-order chi connectivity index (χ0) is 14.8. The van der Waals surface area contributed by atoms with Crippen LogP contribution in [0.15, 0.2) is 12.3 Å². The van der Waals surface area contributed by atoms with Gasteiger partial charge in [0.2, 0.25) is 11.9 Å². The third-order valence-corrected chi connectivity index (χ3v) is 3.27. The molecule has 3 heterocycles. The summed E-state index contributed by atoms with van der Waals surface area (Å²) in [4.78, 5) is 26.3. The third-order valence-electron chi connectivity index (χ3n) is 3.27. The van der Waals surface area contributed by atoms with Crippen LogP contribution in [0.5, 0.6) is 0 Å². The molecule has 3 rings (SSSR count). The molecule has 0 atom stereocenters. The fourth-order valence-electron chi connectivity index (χ4n) is 2.19. The maximum Gasteiger partial charge on any atom is 0.269 e. The predicted octanol–water partition coefficient (Wildman–Crippen LogP) is -0.202. The molecule has 9 nitrogen and oxygen atoms in total. The zero-order valence-corrected chi connectivity index (χ0v) is 11.7. The Morgan fingerprint density at radius 2 is 1.95 bits per heavy atom. The first-order valence-corrected chi connectivity index (χ1v) is 6.72. The molecular formula is C12H16N8O. The number of primary amides is 1. The summed E-state index contributed by atoms with van der Waals surface area (Å²) in [5, 5.41) is 6.98. The Morgan fingerprint density at radius 1 is 1.24 bits per heavy atom. The van der Waals surface area contributed by atoms with Crippen molar-refractivity contribution in [1.29, 1.82) is 0 Å². The van der Waals surface area contributed by atoms with E-state index in [1.807, 2.05) is 0 Å². The Hall–Kier alpha value is -2.71. The normalized spacial score (nSPS) is 14.4. The Morgan fingerprint density at radius 3 is 2.57 bits per heavy atom. The SMILES string of the molecule is CNc1nc(N2CCCC2)nc(-n2ccc(C(N)=O)n2)n1. The maximum absolute atomic E-state index is 11.1. The van der Waals surface area contributed by atoms with Crippen LogP contribution in [0.25, 0.3) is 5.95 Å². The average molecular weight is 288 g/mol. The number of aromatic nitrogens is 5. The number of nitrogens with one attached hydrogen (secondary N) is 1. The van der Waals surface area contributed by atoms with Crippen molar-refractivity contribution in [3.63, 3.8) is 0 Å². The number of hydrogen-bond acceptors (Lipinski definition) is 7. The first-order valence-electron chi connectivity index (χ1n) is 6.72. The topological polar surface area (TPSA) is 115 Å². The number of anilines is 2. The number of amides is 1. The van der Waals surface area contributed by atoms with Gasteiger partial charge in [-0.3, -0.25) is 4.79 Å². The molecule has 0 aliphatic carbocycles. The summed E-state index contributed by atoms with van der Waals surface area (Å²) in [5.74, 6) is 0.830. The van der Waals surface area contributed by atoms with Crippen molar-refractivity contribution in [1.82, 2.24) is 24.7 Å². The molecule has 1 fully saturated rings. The standard InChI is InChI=1S/C12H16N8O/c1-14-10-15-11(19-5-2-3-6-19)17-12(16-10)20-7-4-8(18-20)9(13)21/h4,7H,2-3,5-6H2,1H3,(H2,13,21)(H,14,15,16,17). The Bertz CT molecular complexity index is 661. The average Bonchev–Trinajstić information content (AvgIpc) is 3.18. The van der Waals surface area contributed by atoms with E-state index in [0.717, 1.165) is 25.9 Å². The lowest BCUT2D eigenvalue weighted by atomic mass is 10.4. The molecule has 1 saturated heterocycles. The molecule has 0 saturated carbocycles. The molecule has 3 N–H and O–H groups in total. The lowest BCUT2D eigenvalue weighted by Crippen LogP contribution is -2.22. The van der Waals surface area contributed by atoms with Gasteiger partial charge in [0.25, 0.3) is 11.9 Å². The fraction of sp³-hybridized carbons (Fsp3) is 0.417. The van der Waals surface area contributed by atoms with Crippen LogP contribution in [0.3, 0.4) is 0 Å². The fourth-order valence-corrected chi connectivity index (χ4v) is 2.19. The van der Waals surface area contributed by atoms with Gasteiger partial charge < -0.3 is 16.0 Å². The quantitative estimate of drug-likeness (QED) is 0.800. The van der Waals surface area contributed by atoms with Gasteiger partial charge in [0.1, 0.15) is 5.69 Å². The molecule has 0 unspecified atom stereocenters. The smallest absolute Gasteiger partial charge is 0.269 e. The van der Waals surface area contributed by atoms with E-state index < -0.39 is 5.91 Å². The lowest BCUT2D eigenvalue weighted by Gasteiger charge is -2.16. The van der Waals surface area contributed by atoms with Gasteiger partial charge >= 0.3 is 0 Å². The second-order valence-corrected chi connectivity index (χ2v) is 4.71. The van der Waals surface area contributed by atoms with Crippen molar-refractivity contribution in [2.75, 3.05) is 30.4 Å². The second-order valence-electron chi connectivity index (χ2n) is 4.71. The van der Waals surface area contributed by atoms with E-state index in [0.29, 0.717) is 17.8 Å². The number of nitrogens with two attached hydrogens (primary N) is 1. The molecule has 1 aliphatic rings. The van der Waals surface area contributed by atoms with Gasteiger partial charge in [0, 0.05) is 26.3 Å². The summed E-state index contributed by atoms with van der Waals surface area (Å²) >= 11 is 0. The summed E-state index contributed by atoms with van der Waals surface area (Å²) in [6.45, 7) is 1.86. The maximum atomic E-state index is 11.1. The largest absolute Gasteiger partial charge is 0.364 e. The van der Waals surface area contributed by atoms with Gasteiger partial charge in [0.15, 0.2) is 0 Å². The van der Waals surface area contributed by atoms with E-state index >= 15 is 0 Å². The van der Waals surface area contributed by atoms with Gasteiger partial charge in [-0.15, -0.1) is 0 Å². The molecule has 2 aromatic rings. The summed E-state index contributed by atoms with van der Waals surface area (Å²) in [7, 11) is 1.74. The van der Waals surface area contributed by atoms with Crippen molar-refractivity contribution >= 4 is 17.8 Å². The molecule has 110 valence electrons. The molecule has 0 aromatic carbocycles. The van der Waals surface area contributed by atoms with Crippen molar-refractivity contribution in [3.05, 3.63) is 18.0 Å². The summed E-state index contributed by atoms with van der Waals surface area (Å²) < 4.78 is 1.42. The number of carbonyl (C=O) groups is 1. The third kappa shape index (κ3) is 2.62. The lowest BCUT2D eigenvalue weighted by molar-refractivity contribution is 0.0995. The molecule has 0 spiro atoms. The van der Waals surface area contributed by atoms with Gasteiger partial charge in [-0.05, 0) is 18.9 Å². The number of nitrogens with zero attached hydrogens (tertiary/aromatic N) is 6. The highest BCUT2D eigenvalue weighted by Gasteiger charge is 2.18. The van der Waals surface area contributed by atoms with E-state index in [4.69, 9.17) is 5.73 Å². The monoisotopic (exact) mass is 288 g/mol. The number of carbonyl (C=O) groups excluding carboxylic acids is 1. The minimum atomic E-state index is -0.587. The Labute approximate surface area is 121 Å². The van der Waals surface area contributed by atoms with Crippen LogP contribution in [0.4, 0.5) is 11.9 Å². The van der Waals surface area contributed by atoms with E-state index in [1.165, 1.54) is 10.7 Å². The van der Waals surface area contributed by atoms with Crippen LogP contribution in [0.2, 0.25) is 0 Å². The second kappa shape index (κ2) is 5.35. The van der Waals surface area contributed by atoms with E-state index in [1.54, 1.807) is 13.2 Å². The minimum Gasteiger partial charge on any atom is -0.364 e. The molecule has 21 heavy (non-hydrogen) atoms. The van der Waals surface area contributed by atoms with Gasteiger partial charge in [-0.2, -0.15) is 20.1 Å². The summed E-state index contributed by atoms with van der Waals surface area (Å²) in [5.41, 5.74) is 5.37. The zero-order valence-electron chi connectivity index (χ0n) is 11.7. The van der Waals surface area contributed by atoms with E-state index in [2.05, 4.69) is 30.3 Å². The highest BCUT2D eigenvalue weighted by Crippen LogP contribution is 2.18. The van der Waals surface area contributed by atoms with Crippen LogP contribution < -0.4 is 16.0 Å². The Kier molecular flexibility index (Phi) is 3.38. The van der Waals surface area contributed by atoms with Gasteiger partial charge in [0.05, 0.1) is 0 Å². The molecule has 0 radical (unpaired) electrons. The van der Waals surface area contributed by atoms with Crippen LogP contribution in [-0.4, -0.2) is 50.8 Å². The van der Waals surface area contributed by atoms with Gasteiger partial charge in [-0.1, -0.05) is 0 Å². The van der Waals surface area contributed by atoms with Gasteiger partial charge in [-0.25, -0.2) is 4.68 Å². The summed E-state index contributed by atoms with van der Waals surface area (Å²) in [6.07, 6.45) is 3.86. The van der Waals surface area contributed by atoms with Crippen LogP contribution >= 0.6 is 0 Å². The molecule has 9 heteroatoms. The molecule has 1 aliphatic heterocycles. The number of hydrogen-bond donors (Lipinski definition) is 2. The molecular weight excluding hydrogens is 272 g/mol. The van der Waals surface area contributed by atoms with Crippen LogP contribution in [0.1, 0.15) is 23.3 Å². The molecule has 1 amide bonds. The van der Waals surface area contributed by atoms with Crippen molar-refractivity contribution < 1.29 is 4.79 Å². The van der Waals surface area contributed by atoms with Crippen LogP contribution in [0, 0.1) is 0 Å². The van der Waals surface area contributed by atoms with Crippen LogP contribution in [-0.2, 0) is 0 Å². The first kappa shape index (κ1) is 13.3. The summed E-state index contributed by atoms with van der Waals surface area (Å²) in [6, 6.07) is 1.53. The van der Waals surface area contributed by atoms with E-state index in [-0.39, 0.29) is 5.69 Å². The van der Waals surface area contributed by atoms with Crippen molar-refractivity contribution in [2.24, 2.45) is 5.73 Å². The Balaban J connectivity index is 1.99. The minimum absolute atomic E-state index is 0.171. The predicted molar refractivity (Wildman–Crippen MR) is 76.5 cm³/mol. The van der Waals surface area contributed by atoms with Crippen molar-refractivity contribution in [3.8, 4) is 5.95 Å².